The van der Waals surface area contributed by atoms with Gasteiger partial charge in [0.25, 0.3) is 5.56 Å². The molecule has 37 heavy (non-hydrogen) atoms. The second kappa shape index (κ2) is 12.4. The number of hydrogen-bond acceptors (Lipinski definition) is 4. The summed E-state index contributed by atoms with van der Waals surface area (Å²) in [6.45, 7) is 5.44. The van der Waals surface area contributed by atoms with E-state index >= 15 is 0 Å². The Morgan fingerprint density at radius 2 is 1.73 bits per heavy atom. The number of aryl methyl sites for hydroxylation is 1. The van der Waals surface area contributed by atoms with Gasteiger partial charge >= 0.3 is 6.03 Å². The maximum Gasteiger partial charge on any atom is 0.318 e. The lowest BCUT2D eigenvalue weighted by molar-refractivity contribution is 0.154. The number of para-hydroxylation sites is 1. The fourth-order valence-electron chi connectivity index (χ4n) is 5.26. The van der Waals surface area contributed by atoms with Gasteiger partial charge in [-0.15, -0.1) is 0 Å². The Morgan fingerprint density at radius 3 is 2.38 bits per heavy atom. The third-order valence-electron chi connectivity index (χ3n) is 7.45. The third-order valence-corrected chi connectivity index (χ3v) is 7.45. The fourth-order valence-corrected chi connectivity index (χ4v) is 5.26. The van der Waals surface area contributed by atoms with E-state index in [1.165, 1.54) is 12.0 Å². The van der Waals surface area contributed by atoms with Gasteiger partial charge in [-0.25, -0.2) is 9.78 Å². The van der Waals surface area contributed by atoms with Crippen LogP contribution in [0.5, 0.6) is 0 Å². The summed E-state index contributed by atoms with van der Waals surface area (Å²) in [4.78, 5) is 36.7. The van der Waals surface area contributed by atoms with Crippen LogP contribution < -0.4 is 10.9 Å². The minimum absolute atomic E-state index is 0.0733. The molecule has 1 N–H and O–H groups in total. The molecule has 1 aromatic heterocycles. The van der Waals surface area contributed by atoms with Crippen molar-refractivity contribution in [3.05, 3.63) is 70.3 Å². The second-order valence-corrected chi connectivity index (χ2v) is 10.4. The van der Waals surface area contributed by atoms with Crippen molar-refractivity contribution in [2.45, 2.75) is 70.9 Å². The van der Waals surface area contributed by atoms with E-state index in [1.807, 2.05) is 55.4 Å². The number of amides is 2. The summed E-state index contributed by atoms with van der Waals surface area (Å²) < 4.78 is 1.71. The number of aromatic nitrogens is 2. The van der Waals surface area contributed by atoms with Gasteiger partial charge < -0.3 is 15.1 Å². The molecule has 198 valence electrons. The van der Waals surface area contributed by atoms with E-state index in [9.17, 15) is 9.59 Å². The normalized spacial score (nSPS) is 15.2. The SMILES string of the molecule is CCc1ccc(-n2c(C(CC)N(CCN(C)C)C(=O)NC3CCCCC3)nc3ccccc3c2=O)cc1. The first kappa shape index (κ1) is 26.9. The van der Waals surface area contributed by atoms with Crippen molar-refractivity contribution >= 4 is 16.9 Å². The van der Waals surface area contributed by atoms with Crippen LogP contribution in [0.15, 0.2) is 53.3 Å². The zero-order valence-corrected chi connectivity index (χ0v) is 22.7. The van der Waals surface area contributed by atoms with E-state index in [4.69, 9.17) is 4.98 Å². The summed E-state index contributed by atoms with van der Waals surface area (Å²) in [5, 5.41) is 3.88. The summed E-state index contributed by atoms with van der Waals surface area (Å²) in [6.07, 6.45) is 7.15. The predicted molar refractivity (Wildman–Crippen MR) is 150 cm³/mol. The van der Waals surface area contributed by atoms with Crippen molar-refractivity contribution in [3.8, 4) is 5.69 Å². The molecule has 0 spiro atoms. The highest BCUT2D eigenvalue weighted by Crippen LogP contribution is 2.27. The molecule has 1 unspecified atom stereocenters. The van der Waals surface area contributed by atoms with Crippen molar-refractivity contribution < 1.29 is 4.79 Å². The van der Waals surface area contributed by atoms with Crippen molar-refractivity contribution in [1.29, 1.82) is 0 Å². The molecule has 1 heterocycles. The Kier molecular flexibility index (Phi) is 8.98. The Labute approximate surface area is 220 Å². The molecule has 3 aromatic rings. The highest BCUT2D eigenvalue weighted by molar-refractivity contribution is 5.78. The van der Waals surface area contributed by atoms with Crippen LogP contribution in [0.3, 0.4) is 0 Å². The Morgan fingerprint density at radius 1 is 1.03 bits per heavy atom. The van der Waals surface area contributed by atoms with Crippen molar-refractivity contribution in [2.75, 3.05) is 27.2 Å². The van der Waals surface area contributed by atoms with Gasteiger partial charge in [0.05, 0.1) is 22.6 Å². The van der Waals surface area contributed by atoms with E-state index in [2.05, 4.69) is 36.2 Å². The quantitative estimate of drug-likeness (QED) is 0.430. The van der Waals surface area contributed by atoms with Gasteiger partial charge in [-0.2, -0.15) is 0 Å². The summed E-state index contributed by atoms with van der Waals surface area (Å²) in [5.74, 6) is 0.605. The summed E-state index contributed by atoms with van der Waals surface area (Å²) >= 11 is 0. The van der Waals surface area contributed by atoms with Crippen LogP contribution >= 0.6 is 0 Å². The Balaban J connectivity index is 1.82. The van der Waals surface area contributed by atoms with Crippen LogP contribution in [0.1, 0.15) is 69.8 Å². The molecule has 7 heteroatoms. The van der Waals surface area contributed by atoms with Crippen LogP contribution in [-0.2, 0) is 6.42 Å². The highest BCUT2D eigenvalue weighted by Gasteiger charge is 2.30. The van der Waals surface area contributed by atoms with Gasteiger partial charge in [-0.3, -0.25) is 9.36 Å². The van der Waals surface area contributed by atoms with Crippen molar-refractivity contribution in [1.82, 2.24) is 24.7 Å². The summed E-state index contributed by atoms with van der Waals surface area (Å²) in [6, 6.07) is 15.3. The Bertz CT molecular complexity index is 1250. The van der Waals surface area contributed by atoms with Gasteiger partial charge in [-0.1, -0.05) is 57.4 Å². The van der Waals surface area contributed by atoms with Crippen molar-refractivity contribution in [3.63, 3.8) is 0 Å². The van der Waals surface area contributed by atoms with Gasteiger partial charge in [-0.05, 0) is 69.6 Å². The number of rotatable bonds is 9. The zero-order valence-electron chi connectivity index (χ0n) is 22.7. The van der Waals surface area contributed by atoms with Gasteiger partial charge in [0, 0.05) is 19.1 Å². The molecule has 1 fully saturated rings. The number of nitrogens with zero attached hydrogens (tertiary/aromatic N) is 4. The van der Waals surface area contributed by atoms with E-state index in [0.717, 1.165) is 44.3 Å². The first-order chi connectivity index (χ1) is 17.9. The number of hydrogen-bond donors (Lipinski definition) is 1. The Hall–Kier alpha value is -3.19. The average Bonchev–Trinajstić information content (AvgIpc) is 2.91. The molecule has 7 nitrogen and oxygen atoms in total. The highest BCUT2D eigenvalue weighted by atomic mass is 16.2. The summed E-state index contributed by atoms with van der Waals surface area (Å²) in [7, 11) is 4.02. The molecule has 0 saturated heterocycles. The molecule has 2 aromatic carbocycles. The lowest BCUT2D eigenvalue weighted by Gasteiger charge is -2.35. The largest absolute Gasteiger partial charge is 0.335 e. The van der Waals surface area contributed by atoms with E-state index in [0.29, 0.717) is 29.7 Å². The number of likely N-dealkylation sites (N-methyl/N-ethyl adjacent to an activating group) is 1. The van der Waals surface area contributed by atoms with Gasteiger partial charge in [0.15, 0.2) is 0 Å². The predicted octanol–water partition coefficient (Wildman–Crippen LogP) is 5.31. The zero-order chi connectivity index (χ0) is 26.4. The maximum atomic E-state index is 13.9. The number of carbonyl (C=O) groups excluding carboxylic acids is 1. The van der Waals surface area contributed by atoms with Crippen LogP contribution in [0.2, 0.25) is 0 Å². The molecule has 1 aliphatic rings. The summed E-state index contributed by atoms with van der Waals surface area (Å²) in [5.41, 5.74) is 2.53. The van der Waals surface area contributed by atoms with E-state index in [-0.39, 0.29) is 23.7 Å². The number of urea groups is 1. The van der Waals surface area contributed by atoms with Crippen LogP contribution in [0, 0.1) is 0 Å². The maximum absolute atomic E-state index is 13.9. The fraction of sp³-hybridized carbons (Fsp3) is 0.500. The van der Waals surface area contributed by atoms with Crippen LogP contribution in [-0.4, -0.2) is 58.6 Å². The molecule has 0 aliphatic heterocycles. The van der Waals surface area contributed by atoms with Crippen LogP contribution in [0.4, 0.5) is 4.79 Å². The number of carbonyl (C=O) groups is 1. The standard InChI is InChI=1S/C30H41N5O2/c1-5-22-16-18-24(19-17-22)35-28(32-26-15-11-10-14-25(26)29(35)36)27(6-2)34(21-20-33(3)4)30(37)31-23-12-8-7-9-13-23/h10-11,14-19,23,27H,5-9,12-13,20-21H2,1-4H3,(H,31,37). The monoisotopic (exact) mass is 503 g/mol. The van der Waals surface area contributed by atoms with E-state index < -0.39 is 0 Å². The molecular weight excluding hydrogens is 462 g/mol. The second-order valence-electron chi connectivity index (χ2n) is 10.4. The van der Waals surface area contributed by atoms with Gasteiger partial charge in [0.2, 0.25) is 0 Å². The van der Waals surface area contributed by atoms with E-state index in [1.54, 1.807) is 4.57 Å². The molecule has 2 amide bonds. The first-order valence-corrected chi connectivity index (χ1v) is 13.8. The molecule has 1 atom stereocenters. The molecule has 1 aliphatic carbocycles. The minimum atomic E-state index is -0.355. The molecule has 0 radical (unpaired) electrons. The average molecular weight is 504 g/mol. The first-order valence-electron chi connectivity index (χ1n) is 13.8. The van der Waals surface area contributed by atoms with Crippen LogP contribution in [0.25, 0.3) is 16.6 Å². The van der Waals surface area contributed by atoms with Crippen molar-refractivity contribution in [2.24, 2.45) is 0 Å². The number of nitrogens with one attached hydrogen (secondary N) is 1. The number of fused-ring (bicyclic) bond motifs is 1. The lowest BCUT2D eigenvalue weighted by atomic mass is 9.96. The molecular formula is C30H41N5O2. The molecule has 1 saturated carbocycles. The molecule has 0 bridgehead atoms. The topological polar surface area (TPSA) is 70.5 Å². The third kappa shape index (κ3) is 6.21. The minimum Gasteiger partial charge on any atom is -0.335 e. The lowest BCUT2D eigenvalue weighted by Crippen LogP contribution is -2.49. The van der Waals surface area contributed by atoms with Gasteiger partial charge in [0.1, 0.15) is 5.82 Å². The number of benzene rings is 2. The smallest absolute Gasteiger partial charge is 0.318 e. The molecule has 4 rings (SSSR count).